The number of rotatable bonds is 13. The summed E-state index contributed by atoms with van der Waals surface area (Å²) in [6, 6.07) is 0. The Hall–Kier alpha value is -0.0800. The van der Waals surface area contributed by atoms with Crippen LogP contribution in [0.2, 0.25) is 0 Å². The van der Waals surface area contributed by atoms with Crippen molar-refractivity contribution in [3.63, 3.8) is 0 Å². The molecule has 2 nitrogen and oxygen atoms in total. The molecule has 0 bridgehead atoms. The Labute approximate surface area is 127 Å². The van der Waals surface area contributed by atoms with Crippen LogP contribution in [0.1, 0.15) is 86.0 Å². The third-order valence-corrected chi connectivity index (χ3v) is 4.60. The Kier molecular flexibility index (Phi) is 12.6. The maximum absolute atomic E-state index is 10.1. The fraction of sp³-hybridized carbons (Fsp3) is 1.00. The molecular formula is C18H39NO. The van der Waals surface area contributed by atoms with Gasteiger partial charge in [0, 0.05) is 13.1 Å². The van der Waals surface area contributed by atoms with E-state index in [0.717, 1.165) is 24.9 Å². The minimum Gasteiger partial charge on any atom is -0.379 e. The lowest BCUT2D eigenvalue weighted by Crippen LogP contribution is -2.40. The lowest BCUT2D eigenvalue weighted by molar-refractivity contribution is -0.00480. The van der Waals surface area contributed by atoms with Crippen LogP contribution in [0.3, 0.4) is 0 Å². The van der Waals surface area contributed by atoms with Gasteiger partial charge in [-0.05, 0) is 31.6 Å². The number of aliphatic hydroxyl groups is 1. The van der Waals surface area contributed by atoms with Crippen LogP contribution >= 0.6 is 0 Å². The quantitative estimate of drug-likeness (QED) is 0.478. The average Bonchev–Trinajstić information content (AvgIpc) is 2.45. The summed E-state index contributed by atoms with van der Waals surface area (Å²) in [5.41, 5.74) is 0. The van der Waals surface area contributed by atoms with Crippen molar-refractivity contribution in [1.82, 2.24) is 4.90 Å². The van der Waals surface area contributed by atoms with Gasteiger partial charge in [0.1, 0.15) is 6.23 Å². The Morgan fingerprint density at radius 3 is 1.45 bits per heavy atom. The summed E-state index contributed by atoms with van der Waals surface area (Å²) in [5.74, 6) is 1.49. The van der Waals surface area contributed by atoms with Crippen LogP contribution in [0.15, 0.2) is 0 Å². The van der Waals surface area contributed by atoms with E-state index in [0.29, 0.717) is 0 Å². The van der Waals surface area contributed by atoms with E-state index >= 15 is 0 Å². The van der Waals surface area contributed by atoms with Crippen LogP contribution in [0.4, 0.5) is 0 Å². The third kappa shape index (κ3) is 8.97. The standard InChI is InChI=1S/C18H39NO/c1-6-10-12-17(8-3)14-19(16(5)20)15-18(9-4)13-11-7-2/h16-18,20H,6-15H2,1-5H3. The molecule has 2 heteroatoms. The number of hydrogen-bond donors (Lipinski definition) is 1. The molecule has 0 aromatic heterocycles. The van der Waals surface area contributed by atoms with Gasteiger partial charge in [0.2, 0.25) is 0 Å². The lowest BCUT2D eigenvalue weighted by atomic mass is 9.95. The first kappa shape index (κ1) is 19.9. The van der Waals surface area contributed by atoms with Gasteiger partial charge in [0.05, 0.1) is 0 Å². The zero-order chi connectivity index (χ0) is 15.4. The molecule has 1 N–H and O–H groups in total. The zero-order valence-electron chi connectivity index (χ0n) is 14.7. The highest BCUT2D eigenvalue weighted by molar-refractivity contribution is 4.70. The molecule has 20 heavy (non-hydrogen) atoms. The van der Waals surface area contributed by atoms with Crippen LogP contribution in [0, 0.1) is 11.8 Å². The molecular weight excluding hydrogens is 246 g/mol. The summed E-state index contributed by atoms with van der Waals surface area (Å²) in [6.45, 7) is 13.2. The first-order chi connectivity index (χ1) is 9.58. The molecule has 0 aliphatic carbocycles. The van der Waals surface area contributed by atoms with E-state index in [1.54, 1.807) is 0 Å². The molecule has 122 valence electrons. The summed E-state index contributed by atoms with van der Waals surface area (Å²) >= 11 is 0. The minimum absolute atomic E-state index is 0.304. The number of unbranched alkanes of at least 4 members (excludes halogenated alkanes) is 2. The molecule has 0 spiro atoms. The molecule has 0 aliphatic rings. The molecule has 3 unspecified atom stereocenters. The van der Waals surface area contributed by atoms with Crippen molar-refractivity contribution in [3.8, 4) is 0 Å². The van der Waals surface area contributed by atoms with Crippen LogP contribution in [-0.2, 0) is 0 Å². The molecule has 0 saturated heterocycles. The maximum Gasteiger partial charge on any atom is 0.104 e. The average molecular weight is 286 g/mol. The normalized spacial score (nSPS) is 16.4. The summed E-state index contributed by atoms with van der Waals surface area (Å²) in [5, 5.41) is 10.1. The topological polar surface area (TPSA) is 23.5 Å². The van der Waals surface area contributed by atoms with E-state index in [2.05, 4.69) is 32.6 Å². The van der Waals surface area contributed by atoms with Crippen LogP contribution in [0.25, 0.3) is 0 Å². The highest BCUT2D eigenvalue weighted by atomic mass is 16.3. The van der Waals surface area contributed by atoms with Crippen molar-refractivity contribution in [2.45, 2.75) is 92.2 Å². The Morgan fingerprint density at radius 1 is 0.800 bits per heavy atom. The molecule has 0 rings (SSSR count). The van der Waals surface area contributed by atoms with Crippen molar-refractivity contribution in [1.29, 1.82) is 0 Å². The number of aliphatic hydroxyl groups excluding tert-OH is 1. The molecule has 0 amide bonds. The van der Waals surface area contributed by atoms with Gasteiger partial charge in [-0.1, -0.05) is 66.2 Å². The second kappa shape index (κ2) is 12.6. The second-order valence-corrected chi connectivity index (χ2v) is 6.42. The zero-order valence-corrected chi connectivity index (χ0v) is 14.7. The fourth-order valence-corrected chi connectivity index (χ4v) is 2.88. The largest absolute Gasteiger partial charge is 0.379 e. The van der Waals surface area contributed by atoms with Gasteiger partial charge in [0.15, 0.2) is 0 Å². The van der Waals surface area contributed by atoms with E-state index in [1.165, 1.54) is 51.4 Å². The Morgan fingerprint density at radius 2 is 1.20 bits per heavy atom. The molecule has 0 aromatic rings. The predicted octanol–water partition coefficient (Wildman–Crippen LogP) is 5.06. The maximum atomic E-state index is 10.1. The summed E-state index contributed by atoms with van der Waals surface area (Å²) in [7, 11) is 0. The van der Waals surface area contributed by atoms with E-state index in [4.69, 9.17) is 0 Å². The molecule has 0 radical (unpaired) electrons. The minimum atomic E-state index is -0.304. The van der Waals surface area contributed by atoms with Crippen molar-refractivity contribution in [3.05, 3.63) is 0 Å². The smallest absolute Gasteiger partial charge is 0.104 e. The van der Waals surface area contributed by atoms with Gasteiger partial charge in [-0.3, -0.25) is 4.90 Å². The summed E-state index contributed by atoms with van der Waals surface area (Å²) < 4.78 is 0. The van der Waals surface area contributed by atoms with Crippen LogP contribution < -0.4 is 0 Å². The highest BCUT2D eigenvalue weighted by Gasteiger charge is 2.19. The van der Waals surface area contributed by atoms with Gasteiger partial charge in [-0.25, -0.2) is 0 Å². The monoisotopic (exact) mass is 285 g/mol. The Bertz CT molecular complexity index is 188. The SMILES string of the molecule is CCCCC(CC)CN(CC(CC)CCCC)C(C)O. The highest BCUT2D eigenvalue weighted by Crippen LogP contribution is 2.19. The van der Waals surface area contributed by atoms with Gasteiger partial charge in [0.25, 0.3) is 0 Å². The molecule has 0 aromatic carbocycles. The van der Waals surface area contributed by atoms with Gasteiger partial charge >= 0.3 is 0 Å². The molecule has 0 aliphatic heterocycles. The van der Waals surface area contributed by atoms with E-state index in [9.17, 15) is 5.11 Å². The van der Waals surface area contributed by atoms with Gasteiger partial charge in [-0.15, -0.1) is 0 Å². The molecule has 0 saturated carbocycles. The molecule has 0 heterocycles. The predicted molar refractivity (Wildman–Crippen MR) is 89.9 cm³/mol. The van der Waals surface area contributed by atoms with Crippen molar-refractivity contribution < 1.29 is 5.11 Å². The van der Waals surface area contributed by atoms with Gasteiger partial charge < -0.3 is 5.11 Å². The third-order valence-electron chi connectivity index (χ3n) is 4.60. The number of hydrogen-bond acceptors (Lipinski definition) is 2. The molecule has 3 atom stereocenters. The van der Waals surface area contributed by atoms with E-state index in [-0.39, 0.29) is 6.23 Å². The Balaban J connectivity index is 4.37. The van der Waals surface area contributed by atoms with Crippen molar-refractivity contribution in [2.75, 3.05) is 13.1 Å². The summed E-state index contributed by atoms with van der Waals surface area (Å²) in [4.78, 5) is 2.31. The summed E-state index contributed by atoms with van der Waals surface area (Å²) in [6.07, 6.45) is 9.96. The fourth-order valence-electron chi connectivity index (χ4n) is 2.88. The van der Waals surface area contributed by atoms with Crippen LogP contribution in [-0.4, -0.2) is 29.3 Å². The van der Waals surface area contributed by atoms with Crippen molar-refractivity contribution >= 4 is 0 Å². The number of nitrogens with zero attached hydrogens (tertiary/aromatic N) is 1. The van der Waals surface area contributed by atoms with Crippen LogP contribution in [0.5, 0.6) is 0 Å². The van der Waals surface area contributed by atoms with E-state index in [1.807, 2.05) is 6.92 Å². The molecule has 0 fully saturated rings. The second-order valence-electron chi connectivity index (χ2n) is 6.42. The van der Waals surface area contributed by atoms with E-state index < -0.39 is 0 Å². The first-order valence-electron chi connectivity index (χ1n) is 9.00. The lowest BCUT2D eigenvalue weighted by Gasteiger charge is -2.32. The van der Waals surface area contributed by atoms with Gasteiger partial charge in [-0.2, -0.15) is 0 Å². The van der Waals surface area contributed by atoms with Crippen molar-refractivity contribution in [2.24, 2.45) is 11.8 Å². The first-order valence-corrected chi connectivity index (χ1v) is 9.00.